The zero-order valence-corrected chi connectivity index (χ0v) is 19.2. The van der Waals surface area contributed by atoms with Crippen LogP contribution in [0.3, 0.4) is 0 Å². The van der Waals surface area contributed by atoms with Crippen LogP contribution in [-0.4, -0.2) is 0 Å². The highest BCUT2D eigenvalue weighted by Gasteiger charge is 2.16. The molecule has 0 aromatic heterocycles. The van der Waals surface area contributed by atoms with Gasteiger partial charge in [0.2, 0.25) is 0 Å². The van der Waals surface area contributed by atoms with E-state index in [0.29, 0.717) is 0 Å². The number of aryl methyl sites for hydroxylation is 3. The third-order valence-electron chi connectivity index (χ3n) is 6.22. The SMILES string of the molecule is Cc1cc(C)c2c(C#Cc3ccccc3)c3ccccc3c(C#Cc3ccccc3)c2c1C. The van der Waals surface area contributed by atoms with Crippen molar-refractivity contribution in [3.05, 3.63) is 130 Å². The molecule has 5 rings (SSSR count). The van der Waals surface area contributed by atoms with Crippen LogP contribution in [0.5, 0.6) is 0 Å². The Morgan fingerprint density at radius 3 is 1.42 bits per heavy atom. The molecule has 0 atom stereocenters. The van der Waals surface area contributed by atoms with E-state index in [0.717, 1.165) is 33.0 Å². The van der Waals surface area contributed by atoms with Gasteiger partial charge in [0.05, 0.1) is 0 Å². The molecule has 0 heterocycles. The molecule has 5 aromatic carbocycles. The van der Waals surface area contributed by atoms with Crippen LogP contribution in [0.2, 0.25) is 0 Å². The second-order valence-electron chi connectivity index (χ2n) is 8.41. The van der Waals surface area contributed by atoms with E-state index < -0.39 is 0 Å². The van der Waals surface area contributed by atoms with Gasteiger partial charge >= 0.3 is 0 Å². The fraction of sp³-hybridized carbons (Fsp3) is 0.0909. The second kappa shape index (κ2) is 8.70. The number of fused-ring (bicyclic) bond motifs is 2. The lowest BCUT2D eigenvalue weighted by atomic mass is 9.86. The van der Waals surface area contributed by atoms with E-state index in [1.165, 1.54) is 27.5 Å². The van der Waals surface area contributed by atoms with Crippen LogP contribution < -0.4 is 0 Å². The molecule has 0 N–H and O–H groups in total. The van der Waals surface area contributed by atoms with Crippen LogP contribution in [0.15, 0.2) is 91.0 Å². The Kier molecular flexibility index (Phi) is 5.44. The van der Waals surface area contributed by atoms with Crippen LogP contribution in [0, 0.1) is 44.5 Å². The Labute approximate surface area is 195 Å². The molecular formula is C33H24. The van der Waals surface area contributed by atoms with Gasteiger partial charge < -0.3 is 0 Å². The molecule has 0 heteroatoms. The van der Waals surface area contributed by atoms with Gasteiger partial charge in [-0.3, -0.25) is 0 Å². The normalized spacial score (nSPS) is 10.4. The number of rotatable bonds is 0. The van der Waals surface area contributed by atoms with E-state index in [-0.39, 0.29) is 0 Å². The van der Waals surface area contributed by atoms with E-state index in [1.54, 1.807) is 0 Å². The summed E-state index contributed by atoms with van der Waals surface area (Å²) in [4.78, 5) is 0. The molecule has 0 saturated heterocycles. The standard InChI is InChI=1S/C33H24/c1-23-22-24(2)32-30(20-18-26-12-6-4-7-13-26)28-16-10-11-17-29(28)31(33(32)25(23)3)21-19-27-14-8-5-9-15-27/h4-17,22H,1-3H3. The predicted molar refractivity (Wildman–Crippen MR) is 141 cm³/mol. The quantitative estimate of drug-likeness (QED) is 0.178. The van der Waals surface area contributed by atoms with Crippen LogP contribution in [0.4, 0.5) is 0 Å². The molecule has 5 aromatic rings. The van der Waals surface area contributed by atoms with Crippen molar-refractivity contribution in [2.75, 3.05) is 0 Å². The summed E-state index contributed by atoms with van der Waals surface area (Å²) in [6.07, 6.45) is 0. The minimum absolute atomic E-state index is 1.02. The molecule has 33 heavy (non-hydrogen) atoms. The average molecular weight is 421 g/mol. The van der Waals surface area contributed by atoms with Crippen molar-refractivity contribution in [3.63, 3.8) is 0 Å². The second-order valence-corrected chi connectivity index (χ2v) is 8.41. The van der Waals surface area contributed by atoms with E-state index in [2.05, 4.69) is 99.1 Å². The average Bonchev–Trinajstić information content (AvgIpc) is 2.85. The molecule has 0 spiro atoms. The summed E-state index contributed by atoms with van der Waals surface area (Å²) in [5.74, 6) is 13.9. The van der Waals surface area contributed by atoms with Gasteiger partial charge in [-0.15, -0.1) is 0 Å². The molecular weight excluding hydrogens is 396 g/mol. The molecule has 0 aliphatic carbocycles. The molecule has 0 aliphatic heterocycles. The van der Waals surface area contributed by atoms with Gasteiger partial charge in [0.25, 0.3) is 0 Å². The number of hydrogen-bond acceptors (Lipinski definition) is 0. The first-order valence-electron chi connectivity index (χ1n) is 11.2. The van der Waals surface area contributed by atoms with E-state index in [9.17, 15) is 0 Å². The molecule has 0 unspecified atom stereocenters. The largest absolute Gasteiger partial charge is 0.0622 e. The van der Waals surface area contributed by atoms with Crippen molar-refractivity contribution in [2.24, 2.45) is 0 Å². The van der Waals surface area contributed by atoms with Crippen LogP contribution in [0.1, 0.15) is 38.9 Å². The summed E-state index contributed by atoms with van der Waals surface area (Å²) in [6.45, 7) is 6.57. The summed E-state index contributed by atoms with van der Waals surface area (Å²) in [5.41, 5.74) is 7.98. The van der Waals surface area contributed by atoms with Crippen molar-refractivity contribution in [3.8, 4) is 23.7 Å². The Morgan fingerprint density at radius 1 is 0.455 bits per heavy atom. The molecule has 0 nitrogen and oxygen atoms in total. The van der Waals surface area contributed by atoms with Crippen molar-refractivity contribution in [1.29, 1.82) is 0 Å². The Bertz CT molecular complexity index is 1610. The van der Waals surface area contributed by atoms with Gasteiger partial charge in [-0.2, -0.15) is 0 Å². The third kappa shape index (κ3) is 3.89. The zero-order chi connectivity index (χ0) is 22.8. The minimum Gasteiger partial charge on any atom is -0.0622 e. The summed E-state index contributed by atoms with van der Waals surface area (Å²) < 4.78 is 0. The number of hydrogen-bond donors (Lipinski definition) is 0. The minimum atomic E-state index is 1.02. The van der Waals surface area contributed by atoms with Gasteiger partial charge in [-0.25, -0.2) is 0 Å². The molecule has 0 bridgehead atoms. The van der Waals surface area contributed by atoms with Crippen molar-refractivity contribution in [1.82, 2.24) is 0 Å². The first-order valence-corrected chi connectivity index (χ1v) is 11.2. The van der Waals surface area contributed by atoms with Gasteiger partial charge in [0, 0.05) is 33.0 Å². The highest BCUT2D eigenvalue weighted by molar-refractivity contribution is 6.12. The monoisotopic (exact) mass is 420 g/mol. The lowest BCUT2D eigenvalue weighted by molar-refractivity contribution is 1.34. The van der Waals surface area contributed by atoms with Crippen molar-refractivity contribution in [2.45, 2.75) is 20.8 Å². The fourth-order valence-electron chi connectivity index (χ4n) is 4.48. The Morgan fingerprint density at radius 2 is 0.909 bits per heavy atom. The van der Waals surface area contributed by atoms with Crippen LogP contribution in [-0.2, 0) is 0 Å². The summed E-state index contributed by atoms with van der Waals surface area (Å²) >= 11 is 0. The van der Waals surface area contributed by atoms with E-state index in [4.69, 9.17) is 0 Å². The lowest BCUT2D eigenvalue weighted by Gasteiger charge is -2.17. The molecule has 0 fully saturated rings. The summed E-state index contributed by atoms with van der Waals surface area (Å²) in [6, 6.07) is 31.2. The maximum Gasteiger partial charge on any atom is 0.0409 e. The van der Waals surface area contributed by atoms with E-state index in [1.807, 2.05) is 36.4 Å². The molecule has 0 saturated carbocycles. The zero-order valence-electron chi connectivity index (χ0n) is 19.2. The Balaban J connectivity index is 1.91. The topological polar surface area (TPSA) is 0 Å². The van der Waals surface area contributed by atoms with E-state index >= 15 is 0 Å². The molecule has 156 valence electrons. The first kappa shape index (κ1) is 20.6. The van der Waals surface area contributed by atoms with Crippen molar-refractivity contribution < 1.29 is 0 Å². The van der Waals surface area contributed by atoms with Gasteiger partial charge in [-0.05, 0) is 72.5 Å². The third-order valence-corrected chi connectivity index (χ3v) is 6.22. The lowest BCUT2D eigenvalue weighted by Crippen LogP contribution is -1.97. The smallest absolute Gasteiger partial charge is 0.0409 e. The van der Waals surface area contributed by atoms with Crippen LogP contribution >= 0.6 is 0 Å². The first-order chi connectivity index (χ1) is 16.1. The predicted octanol–water partition coefficient (Wildman–Crippen LogP) is 7.72. The fourth-order valence-corrected chi connectivity index (χ4v) is 4.48. The maximum absolute atomic E-state index is 3.55. The van der Waals surface area contributed by atoms with Crippen molar-refractivity contribution >= 4 is 21.5 Å². The molecule has 0 aliphatic rings. The van der Waals surface area contributed by atoms with Gasteiger partial charge in [0.1, 0.15) is 0 Å². The van der Waals surface area contributed by atoms with Crippen LogP contribution in [0.25, 0.3) is 21.5 Å². The van der Waals surface area contributed by atoms with Gasteiger partial charge in [-0.1, -0.05) is 90.4 Å². The maximum atomic E-state index is 3.55. The molecule has 0 amide bonds. The highest BCUT2D eigenvalue weighted by Crippen LogP contribution is 2.37. The number of benzene rings is 5. The highest BCUT2D eigenvalue weighted by atomic mass is 14.2. The summed E-state index contributed by atoms with van der Waals surface area (Å²) in [5, 5.41) is 4.72. The van der Waals surface area contributed by atoms with Gasteiger partial charge in [0.15, 0.2) is 0 Å². The molecule has 0 radical (unpaired) electrons. The summed E-state index contributed by atoms with van der Waals surface area (Å²) in [7, 11) is 0. The Hall–Kier alpha value is -4.26.